The Morgan fingerprint density at radius 2 is 1.63 bits per heavy atom. The molecule has 2 amide bonds. The van der Waals surface area contributed by atoms with Crippen LogP contribution in [0, 0.1) is 0 Å². The molecule has 1 heterocycles. The van der Waals surface area contributed by atoms with Crippen molar-refractivity contribution in [1.82, 2.24) is 10.3 Å². The molecule has 0 bridgehead atoms. The Hall–Kier alpha value is -5.49. The van der Waals surface area contributed by atoms with Crippen LogP contribution in [0.5, 0.6) is 5.75 Å². The summed E-state index contributed by atoms with van der Waals surface area (Å²) in [5.74, 6) is -0.151. The third-order valence-electron chi connectivity index (χ3n) is 9.76. The van der Waals surface area contributed by atoms with Gasteiger partial charge < -0.3 is 36.7 Å². The summed E-state index contributed by atoms with van der Waals surface area (Å²) in [6.07, 6.45) is 2.84. The number of aliphatic hydroxyl groups excluding tert-OH is 1. The van der Waals surface area contributed by atoms with Crippen molar-refractivity contribution in [2.24, 2.45) is 5.73 Å². The number of aliphatic hydroxyl groups is 1. The molecule has 0 unspecified atom stereocenters. The van der Waals surface area contributed by atoms with Crippen molar-refractivity contribution in [3.8, 4) is 16.9 Å². The Labute approximate surface area is 302 Å². The monoisotopic (exact) mass is 703 g/mol. The molecule has 11 heteroatoms. The molecule has 0 radical (unpaired) electrons. The molecule has 0 saturated heterocycles. The van der Waals surface area contributed by atoms with E-state index in [0.717, 1.165) is 47.9 Å². The summed E-state index contributed by atoms with van der Waals surface area (Å²) in [5.41, 5.74) is 11.8. The van der Waals surface area contributed by atoms with Crippen LogP contribution in [0.15, 0.2) is 102 Å². The number of pyridine rings is 1. The second-order valence-electron chi connectivity index (χ2n) is 13.5. The predicted octanol–water partition coefficient (Wildman–Crippen LogP) is 6.44. The zero-order chi connectivity index (χ0) is 36.6. The van der Waals surface area contributed by atoms with Gasteiger partial charge in [-0.05, 0) is 97.2 Å². The number of hydrogen-bond donors (Lipinski definition) is 7. The van der Waals surface area contributed by atoms with E-state index in [0.29, 0.717) is 48.1 Å². The van der Waals surface area contributed by atoms with Crippen LogP contribution in [0.3, 0.4) is 0 Å². The van der Waals surface area contributed by atoms with Crippen molar-refractivity contribution in [2.45, 2.75) is 69.7 Å². The van der Waals surface area contributed by atoms with Crippen molar-refractivity contribution < 1.29 is 24.9 Å². The summed E-state index contributed by atoms with van der Waals surface area (Å²) in [4.78, 5) is 41.2. The molecule has 5 aromatic rings. The van der Waals surface area contributed by atoms with Gasteiger partial charge in [0.15, 0.2) is 0 Å². The van der Waals surface area contributed by atoms with Gasteiger partial charge in [-0.25, -0.2) is 4.79 Å². The first-order valence-corrected chi connectivity index (χ1v) is 17.7. The van der Waals surface area contributed by atoms with E-state index in [2.05, 4.69) is 15.6 Å². The second kappa shape index (κ2) is 16.7. The van der Waals surface area contributed by atoms with Gasteiger partial charge in [-0.15, -0.1) is 0 Å². The van der Waals surface area contributed by atoms with Gasteiger partial charge in [0.1, 0.15) is 5.75 Å². The van der Waals surface area contributed by atoms with Crippen molar-refractivity contribution in [1.29, 1.82) is 0 Å². The van der Waals surface area contributed by atoms with Crippen molar-refractivity contribution >= 4 is 34.3 Å². The minimum Gasteiger partial charge on any atom is -0.506 e. The fourth-order valence-electron chi connectivity index (χ4n) is 7.01. The predicted molar refractivity (Wildman–Crippen MR) is 204 cm³/mol. The maximum absolute atomic E-state index is 12.8. The summed E-state index contributed by atoms with van der Waals surface area (Å²) in [7, 11) is 0. The van der Waals surface area contributed by atoms with E-state index in [1.54, 1.807) is 12.1 Å². The number of aromatic nitrogens is 1. The number of aromatic amines is 1. The van der Waals surface area contributed by atoms with Crippen LogP contribution in [-0.2, 0) is 17.8 Å². The van der Waals surface area contributed by atoms with Gasteiger partial charge >= 0.3 is 6.09 Å². The normalized spacial score (nSPS) is 16.3. The standard InChI is InChI=1S/C41H45N5O6/c42-29-12-16-31(17-13-29)46(41(51)52)35-20-11-26(23-34(35)28-6-2-1-3-7-28)5-4-8-38(49)44-30-14-9-27(10-15-30)24-43-25-37(48)32-18-21-36(47)40-33(32)19-22-39(50)45-40/h1-3,6-7,9-11,14-15,18-23,29,31,37,43,47-48H,4-5,8,12-13,16-17,24-25,42H2,(H,44,49)(H,45,50)(H,51,52)/t29?,31?,37-/m1/s1. The van der Waals surface area contributed by atoms with E-state index in [1.807, 2.05) is 72.8 Å². The van der Waals surface area contributed by atoms with Crippen LogP contribution < -0.4 is 26.8 Å². The number of carboxylic acid groups (broad SMARTS) is 1. The van der Waals surface area contributed by atoms with E-state index in [1.165, 1.54) is 17.0 Å². The minimum absolute atomic E-state index is 0.0571. The van der Waals surface area contributed by atoms with Crippen molar-refractivity contribution in [3.05, 3.63) is 124 Å². The van der Waals surface area contributed by atoms with Crippen LogP contribution in [0.4, 0.5) is 16.2 Å². The molecule has 1 aliphatic carbocycles. The number of H-pyrrole nitrogens is 1. The minimum atomic E-state index is -0.968. The summed E-state index contributed by atoms with van der Waals surface area (Å²) in [6, 6.07) is 29.2. The third kappa shape index (κ3) is 8.86. The molecule has 6 rings (SSSR count). The molecule has 0 spiro atoms. The molecule has 8 N–H and O–H groups in total. The fourth-order valence-corrected chi connectivity index (χ4v) is 7.01. The molecule has 1 fully saturated rings. The topological polar surface area (TPSA) is 181 Å². The number of fused-ring (bicyclic) bond motifs is 1. The SMILES string of the molecule is NC1CCC(N(C(=O)O)c2ccc(CCCC(=O)Nc3ccc(CNC[C@@H](O)c4ccc(O)c5[nH]c(=O)ccc45)cc3)cc2-c2ccccc2)CC1. The molecule has 1 atom stereocenters. The molecule has 4 aromatic carbocycles. The number of hydrogen-bond acceptors (Lipinski definition) is 7. The van der Waals surface area contributed by atoms with Crippen LogP contribution in [0.25, 0.3) is 22.0 Å². The van der Waals surface area contributed by atoms with Crippen LogP contribution in [0.2, 0.25) is 0 Å². The highest BCUT2D eigenvalue weighted by molar-refractivity contribution is 5.94. The number of anilines is 2. The first-order valence-electron chi connectivity index (χ1n) is 17.7. The molecular weight excluding hydrogens is 658 g/mol. The Morgan fingerprint density at radius 3 is 2.37 bits per heavy atom. The number of aryl methyl sites for hydroxylation is 1. The number of phenols is 1. The molecule has 1 saturated carbocycles. The lowest BCUT2D eigenvalue weighted by molar-refractivity contribution is -0.116. The molecule has 0 aliphatic heterocycles. The average Bonchev–Trinajstić information content (AvgIpc) is 3.14. The van der Waals surface area contributed by atoms with Crippen LogP contribution in [-0.4, -0.2) is 50.9 Å². The second-order valence-corrected chi connectivity index (χ2v) is 13.5. The largest absolute Gasteiger partial charge is 0.506 e. The number of nitrogens with one attached hydrogen (secondary N) is 3. The highest BCUT2D eigenvalue weighted by atomic mass is 16.4. The van der Waals surface area contributed by atoms with Gasteiger partial charge in [0.25, 0.3) is 0 Å². The summed E-state index contributed by atoms with van der Waals surface area (Å²) in [5, 5.41) is 38.0. The fraction of sp³-hybridized carbons (Fsp3) is 0.293. The quantitative estimate of drug-likeness (QED) is 0.0732. The number of rotatable bonds is 13. The lowest BCUT2D eigenvalue weighted by atomic mass is 9.89. The summed E-state index contributed by atoms with van der Waals surface area (Å²) < 4.78 is 0. The highest BCUT2D eigenvalue weighted by Gasteiger charge is 2.30. The molecule has 270 valence electrons. The maximum atomic E-state index is 12.8. The van der Waals surface area contributed by atoms with Crippen LogP contribution >= 0.6 is 0 Å². The molecular formula is C41H45N5O6. The van der Waals surface area contributed by atoms with Gasteiger partial charge in [-0.3, -0.25) is 14.5 Å². The lowest BCUT2D eigenvalue weighted by Gasteiger charge is -2.35. The van der Waals surface area contributed by atoms with E-state index in [-0.39, 0.29) is 41.4 Å². The lowest BCUT2D eigenvalue weighted by Crippen LogP contribution is -2.44. The zero-order valence-corrected chi connectivity index (χ0v) is 28.9. The summed E-state index contributed by atoms with van der Waals surface area (Å²) >= 11 is 0. The highest BCUT2D eigenvalue weighted by Crippen LogP contribution is 2.36. The van der Waals surface area contributed by atoms with E-state index in [4.69, 9.17) is 5.73 Å². The average molecular weight is 704 g/mol. The zero-order valence-electron chi connectivity index (χ0n) is 28.9. The van der Waals surface area contributed by atoms with Gasteiger partial charge in [0.05, 0.1) is 17.3 Å². The maximum Gasteiger partial charge on any atom is 0.412 e. The summed E-state index contributed by atoms with van der Waals surface area (Å²) in [6.45, 7) is 0.738. The number of nitrogens with two attached hydrogens (primary N) is 1. The smallest absolute Gasteiger partial charge is 0.412 e. The molecule has 1 aromatic heterocycles. The number of phenolic OH excluding ortho intramolecular Hbond substituents is 1. The molecule has 52 heavy (non-hydrogen) atoms. The van der Waals surface area contributed by atoms with E-state index < -0.39 is 12.2 Å². The van der Waals surface area contributed by atoms with Gasteiger partial charge in [0.2, 0.25) is 11.5 Å². The van der Waals surface area contributed by atoms with E-state index in [9.17, 15) is 29.7 Å². The van der Waals surface area contributed by atoms with Gasteiger partial charge in [0, 0.05) is 54.3 Å². The number of carbonyl (C=O) groups excluding carboxylic acids is 1. The number of carbonyl (C=O) groups is 2. The number of aromatic hydroxyl groups is 1. The Morgan fingerprint density at radius 1 is 0.904 bits per heavy atom. The van der Waals surface area contributed by atoms with E-state index >= 15 is 0 Å². The first kappa shape index (κ1) is 36.3. The number of amides is 2. The number of nitrogens with zero attached hydrogens (tertiary/aromatic N) is 1. The Bertz CT molecular complexity index is 2060. The third-order valence-corrected chi connectivity index (χ3v) is 9.76. The van der Waals surface area contributed by atoms with Crippen LogP contribution in [0.1, 0.15) is 61.3 Å². The Balaban J connectivity index is 1.01. The van der Waals surface area contributed by atoms with Gasteiger partial charge in [-0.1, -0.05) is 54.6 Å². The van der Waals surface area contributed by atoms with Crippen molar-refractivity contribution in [2.75, 3.05) is 16.8 Å². The van der Waals surface area contributed by atoms with Gasteiger partial charge in [-0.2, -0.15) is 0 Å². The first-order chi connectivity index (χ1) is 25.2. The molecule has 1 aliphatic rings. The molecule has 11 nitrogen and oxygen atoms in total. The number of benzene rings is 4. The Kier molecular flexibility index (Phi) is 11.6. The van der Waals surface area contributed by atoms with Crippen molar-refractivity contribution in [3.63, 3.8) is 0 Å².